The van der Waals surface area contributed by atoms with Crippen molar-refractivity contribution in [1.82, 2.24) is 10.2 Å². The first kappa shape index (κ1) is 20.1. The third-order valence-corrected chi connectivity index (χ3v) is 3.76. The van der Waals surface area contributed by atoms with Gasteiger partial charge in [0, 0.05) is 19.5 Å². The van der Waals surface area contributed by atoms with Gasteiger partial charge in [-0.05, 0) is 31.1 Å². The number of nitrogens with zero attached hydrogens (tertiary/aromatic N) is 1. The monoisotopic (exact) mass is 350 g/mol. The lowest BCUT2D eigenvalue weighted by atomic mass is 10.2. The molecule has 1 aromatic carbocycles. The van der Waals surface area contributed by atoms with Crippen LogP contribution in [0.4, 0.5) is 0 Å². The van der Waals surface area contributed by atoms with Crippen LogP contribution in [0.2, 0.25) is 0 Å². The van der Waals surface area contributed by atoms with Gasteiger partial charge >= 0.3 is 5.97 Å². The lowest BCUT2D eigenvalue weighted by molar-refractivity contribution is -0.143. The van der Waals surface area contributed by atoms with Crippen LogP contribution in [-0.2, 0) is 20.9 Å². The zero-order valence-electron chi connectivity index (χ0n) is 14.4. The van der Waals surface area contributed by atoms with Crippen molar-refractivity contribution in [3.8, 4) is 0 Å². The Bertz CT molecular complexity index is 534. The molecule has 0 saturated heterocycles. The Balaban J connectivity index is 2.66. The van der Waals surface area contributed by atoms with E-state index in [4.69, 9.17) is 17.0 Å². The number of unbranched alkanes of at least 4 members (excludes halogenated alkanes) is 1. The lowest BCUT2D eigenvalue weighted by Crippen LogP contribution is -2.43. The molecule has 0 aromatic heterocycles. The van der Waals surface area contributed by atoms with Gasteiger partial charge in [0.2, 0.25) is 5.91 Å². The van der Waals surface area contributed by atoms with Crippen LogP contribution in [0.25, 0.3) is 0 Å². The van der Waals surface area contributed by atoms with Gasteiger partial charge in [-0.3, -0.25) is 9.59 Å². The second kappa shape index (κ2) is 11.6. The summed E-state index contributed by atoms with van der Waals surface area (Å²) in [5.74, 6) is -0.355. The number of hydrogen-bond donors (Lipinski definition) is 1. The highest BCUT2D eigenvalue weighted by molar-refractivity contribution is 7.80. The van der Waals surface area contributed by atoms with Gasteiger partial charge in [-0.25, -0.2) is 0 Å². The third-order valence-electron chi connectivity index (χ3n) is 3.40. The predicted molar refractivity (Wildman–Crippen MR) is 98.4 cm³/mol. The summed E-state index contributed by atoms with van der Waals surface area (Å²) in [6, 6.07) is 9.80. The minimum Gasteiger partial charge on any atom is -0.466 e. The number of amides is 1. The molecule has 0 fully saturated rings. The topological polar surface area (TPSA) is 58.6 Å². The van der Waals surface area contributed by atoms with Gasteiger partial charge in [0.25, 0.3) is 0 Å². The first-order chi connectivity index (χ1) is 11.6. The molecule has 0 heterocycles. The number of carbonyl (C=O) groups excluding carboxylic acids is 2. The highest BCUT2D eigenvalue weighted by Gasteiger charge is 2.15. The number of hydrogen-bond acceptors (Lipinski definition) is 4. The molecule has 132 valence electrons. The van der Waals surface area contributed by atoms with Crippen molar-refractivity contribution in [2.75, 3.05) is 13.2 Å². The van der Waals surface area contributed by atoms with Gasteiger partial charge in [-0.15, -0.1) is 0 Å². The zero-order chi connectivity index (χ0) is 17.8. The van der Waals surface area contributed by atoms with E-state index in [1.807, 2.05) is 42.2 Å². The van der Waals surface area contributed by atoms with Crippen molar-refractivity contribution in [3.63, 3.8) is 0 Å². The van der Waals surface area contributed by atoms with E-state index in [2.05, 4.69) is 5.32 Å². The number of thiocarbonyl (C=S) groups is 1. The minimum atomic E-state index is -0.268. The maximum Gasteiger partial charge on any atom is 0.307 e. The smallest absolute Gasteiger partial charge is 0.307 e. The van der Waals surface area contributed by atoms with Gasteiger partial charge in [-0.1, -0.05) is 43.7 Å². The first-order valence-corrected chi connectivity index (χ1v) is 8.76. The molecule has 5 nitrogen and oxygen atoms in total. The predicted octanol–water partition coefficient (Wildman–Crippen LogP) is 3.03. The van der Waals surface area contributed by atoms with E-state index in [0.29, 0.717) is 31.2 Å². The Morgan fingerprint density at radius 2 is 1.88 bits per heavy atom. The summed E-state index contributed by atoms with van der Waals surface area (Å²) in [6.07, 6.45) is 2.46. The molecule has 0 bridgehead atoms. The molecule has 0 aliphatic rings. The van der Waals surface area contributed by atoms with Crippen LogP contribution < -0.4 is 5.32 Å². The van der Waals surface area contributed by atoms with Gasteiger partial charge in [-0.2, -0.15) is 0 Å². The largest absolute Gasteiger partial charge is 0.466 e. The third kappa shape index (κ3) is 8.06. The normalized spacial score (nSPS) is 10.1. The van der Waals surface area contributed by atoms with Gasteiger partial charge in [0.05, 0.1) is 13.0 Å². The van der Waals surface area contributed by atoms with Crippen LogP contribution in [0.15, 0.2) is 30.3 Å². The maximum atomic E-state index is 11.9. The van der Waals surface area contributed by atoms with E-state index in [0.717, 1.165) is 18.4 Å². The van der Waals surface area contributed by atoms with Crippen molar-refractivity contribution in [2.45, 2.75) is 46.1 Å². The lowest BCUT2D eigenvalue weighted by Gasteiger charge is -2.25. The molecule has 24 heavy (non-hydrogen) atoms. The molecule has 0 atom stereocenters. The van der Waals surface area contributed by atoms with Crippen LogP contribution in [-0.4, -0.2) is 35.0 Å². The quantitative estimate of drug-likeness (QED) is 0.548. The molecule has 6 heteroatoms. The molecule has 0 radical (unpaired) electrons. The van der Waals surface area contributed by atoms with Crippen LogP contribution in [0.5, 0.6) is 0 Å². The molecule has 0 unspecified atom stereocenters. The van der Waals surface area contributed by atoms with E-state index >= 15 is 0 Å². The summed E-state index contributed by atoms with van der Waals surface area (Å²) in [4.78, 5) is 25.3. The summed E-state index contributed by atoms with van der Waals surface area (Å²) < 4.78 is 4.96. The summed E-state index contributed by atoms with van der Waals surface area (Å²) >= 11 is 5.36. The minimum absolute atomic E-state index is 0.0870. The number of carbonyl (C=O) groups is 2. The van der Waals surface area contributed by atoms with E-state index in [9.17, 15) is 9.59 Å². The molecule has 1 amide bonds. The molecule has 0 aliphatic heterocycles. The van der Waals surface area contributed by atoms with Crippen molar-refractivity contribution in [2.24, 2.45) is 0 Å². The Hall–Kier alpha value is -1.95. The van der Waals surface area contributed by atoms with Crippen LogP contribution in [0.3, 0.4) is 0 Å². The second-order valence-corrected chi connectivity index (χ2v) is 5.81. The van der Waals surface area contributed by atoms with Crippen molar-refractivity contribution in [1.29, 1.82) is 0 Å². The van der Waals surface area contributed by atoms with E-state index in [-0.39, 0.29) is 18.3 Å². The van der Waals surface area contributed by atoms with Crippen molar-refractivity contribution in [3.05, 3.63) is 35.9 Å². The summed E-state index contributed by atoms with van der Waals surface area (Å²) in [5.41, 5.74) is 1.06. The zero-order valence-corrected chi connectivity index (χ0v) is 15.2. The summed E-state index contributed by atoms with van der Waals surface area (Å²) in [5, 5.41) is 3.11. The fourth-order valence-corrected chi connectivity index (χ4v) is 2.38. The summed E-state index contributed by atoms with van der Waals surface area (Å²) in [7, 11) is 0. The van der Waals surface area contributed by atoms with Crippen LogP contribution in [0, 0.1) is 0 Å². The molecular weight excluding hydrogens is 324 g/mol. The average molecular weight is 350 g/mol. The second-order valence-electron chi connectivity index (χ2n) is 5.42. The molecule has 1 aromatic rings. The highest BCUT2D eigenvalue weighted by atomic mass is 32.1. The number of benzene rings is 1. The van der Waals surface area contributed by atoms with Gasteiger partial charge < -0.3 is 15.0 Å². The first-order valence-electron chi connectivity index (χ1n) is 8.35. The van der Waals surface area contributed by atoms with Crippen molar-refractivity contribution < 1.29 is 14.3 Å². The van der Waals surface area contributed by atoms with Crippen LogP contribution >= 0.6 is 12.2 Å². The molecule has 0 spiro atoms. The Labute approximate surface area is 149 Å². The fourth-order valence-electron chi connectivity index (χ4n) is 2.11. The number of rotatable bonds is 9. The highest BCUT2D eigenvalue weighted by Crippen LogP contribution is 2.07. The maximum absolute atomic E-state index is 11.9. The summed E-state index contributed by atoms with van der Waals surface area (Å²) in [6.45, 7) is 5.11. The SMILES string of the molecule is CCCCC(=O)NC(=S)N(CCC(=O)OCC)Cc1ccccc1. The standard InChI is InChI=1S/C18H26N2O3S/c1-3-5-11-16(21)19-18(24)20(13-12-17(22)23-4-2)14-15-9-7-6-8-10-15/h6-10H,3-5,11-14H2,1-2H3,(H,19,21,24). The number of esters is 1. The Morgan fingerprint density at radius 3 is 2.50 bits per heavy atom. The molecule has 0 saturated carbocycles. The van der Waals surface area contributed by atoms with Crippen molar-refractivity contribution >= 4 is 29.2 Å². The van der Waals surface area contributed by atoms with E-state index < -0.39 is 0 Å². The molecular formula is C18H26N2O3S. The number of nitrogens with one attached hydrogen (secondary N) is 1. The fraction of sp³-hybridized carbons (Fsp3) is 0.500. The molecule has 0 aliphatic carbocycles. The average Bonchev–Trinajstić information content (AvgIpc) is 2.57. The van der Waals surface area contributed by atoms with Gasteiger partial charge in [0.1, 0.15) is 0 Å². The molecule has 1 N–H and O–H groups in total. The Morgan fingerprint density at radius 1 is 1.17 bits per heavy atom. The Kier molecular flexibility index (Phi) is 9.68. The van der Waals surface area contributed by atoms with Crippen LogP contribution in [0.1, 0.15) is 45.1 Å². The van der Waals surface area contributed by atoms with E-state index in [1.54, 1.807) is 6.92 Å². The molecule has 1 rings (SSSR count). The van der Waals surface area contributed by atoms with Gasteiger partial charge in [0.15, 0.2) is 5.11 Å². The van der Waals surface area contributed by atoms with E-state index in [1.165, 1.54) is 0 Å². The number of ether oxygens (including phenoxy) is 1.